The highest BCUT2D eigenvalue weighted by molar-refractivity contribution is 5.87. The van der Waals surface area contributed by atoms with Gasteiger partial charge in [-0.25, -0.2) is 0 Å². The fraction of sp³-hybridized carbons (Fsp3) is 0.727. The minimum Gasteiger partial charge on any atom is -0.348 e. The normalized spacial score (nSPS) is 29.2. The molecule has 0 aromatic carbocycles. The minimum atomic E-state index is 0.251. The summed E-state index contributed by atoms with van der Waals surface area (Å²) in [6.45, 7) is 0. The first kappa shape index (κ1) is 10.9. The van der Waals surface area contributed by atoms with Crippen LogP contribution in [0.5, 0.6) is 0 Å². The van der Waals surface area contributed by atoms with E-state index in [2.05, 4.69) is 9.89 Å². The van der Waals surface area contributed by atoms with E-state index >= 15 is 0 Å². The summed E-state index contributed by atoms with van der Waals surface area (Å²) in [7, 11) is 3.76. The van der Waals surface area contributed by atoms with Gasteiger partial charge in [0.05, 0.1) is 0 Å². The number of nitrogens with zero attached hydrogens (tertiary/aromatic N) is 4. The van der Waals surface area contributed by atoms with E-state index in [1.54, 1.807) is 0 Å². The highest BCUT2D eigenvalue weighted by Gasteiger charge is 2.42. The highest BCUT2D eigenvalue weighted by atomic mass is 16.1. The number of aliphatic imine (C=N–C) groups is 1. The van der Waals surface area contributed by atoms with Crippen molar-refractivity contribution in [3.8, 4) is 6.19 Å². The lowest BCUT2D eigenvalue weighted by molar-refractivity contribution is -0.122. The Morgan fingerprint density at radius 3 is 2.44 bits per heavy atom. The summed E-state index contributed by atoms with van der Waals surface area (Å²) < 4.78 is 0. The average molecular weight is 220 g/mol. The van der Waals surface area contributed by atoms with E-state index in [1.807, 2.05) is 25.2 Å². The van der Waals surface area contributed by atoms with Crippen LogP contribution in [-0.4, -0.2) is 47.7 Å². The van der Waals surface area contributed by atoms with Gasteiger partial charge in [-0.15, -0.1) is 4.99 Å². The molecule has 2 aliphatic rings. The van der Waals surface area contributed by atoms with E-state index in [0.29, 0.717) is 24.6 Å². The van der Waals surface area contributed by atoms with E-state index in [4.69, 9.17) is 5.26 Å². The van der Waals surface area contributed by atoms with Gasteiger partial charge in [0, 0.05) is 39.0 Å². The molecule has 2 saturated heterocycles. The molecule has 5 heteroatoms. The van der Waals surface area contributed by atoms with Crippen LogP contribution >= 0.6 is 0 Å². The number of Topliss-reactive ketones (excluding diaryl/α,β-unsaturated/α-hetero) is 1. The molecule has 2 aliphatic heterocycles. The third-order valence-corrected chi connectivity index (χ3v) is 3.33. The average Bonchev–Trinajstić information content (AvgIpc) is 2.46. The number of hydrogen-bond donors (Lipinski definition) is 0. The van der Waals surface area contributed by atoms with Gasteiger partial charge in [0.1, 0.15) is 5.78 Å². The molecule has 2 unspecified atom stereocenters. The van der Waals surface area contributed by atoms with Gasteiger partial charge in [0.2, 0.25) is 12.2 Å². The predicted octanol–water partition coefficient (Wildman–Crippen LogP) is 0.581. The zero-order valence-electron chi connectivity index (χ0n) is 9.68. The van der Waals surface area contributed by atoms with E-state index in [-0.39, 0.29) is 12.1 Å². The first-order valence-electron chi connectivity index (χ1n) is 5.57. The Morgan fingerprint density at radius 2 is 2.00 bits per heavy atom. The lowest BCUT2D eigenvalue weighted by Crippen LogP contribution is -2.51. The molecule has 0 spiro atoms. The Balaban J connectivity index is 2.25. The summed E-state index contributed by atoms with van der Waals surface area (Å²) in [6.07, 6.45) is 5.13. The van der Waals surface area contributed by atoms with Gasteiger partial charge in [0.15, 0.2) is 0 Å². The number of guanidine groups is 1. The number of hydrogen-bond acceptors (Lipinski definition) is 3. The van der Waals surface area contributed by atoms with E-state index in [1.165, 1.54) is 0 Å². The second-order valence-corrected chi connectivity index (χ2v) is 4.65. The molecule has 2 atom stereocenters. The molecular weight excluding hydrogens is 204 g/mol. The van der Waals surface area contributed by atoms with Crippen molar-refractivity contribution in [3.63, 3.8) is 0 Å². The Kier molecular flexibility index (Phi) is 2.82. The van der Waals surface area contributed by atoms with Crippen molar-refractivity contribution in [2.75, 3.05) is 14.1 Å². The van der Waals surface area contributed by atoms with Gasteiger partial charge >= 0.3 is 0 Å². The molecule has 2 heterocycles. The summed E-state index contributed by atoms with van der Waals surface area (Å²) >= 11 is 0. The first-order valence-corrected chi connectivity index (χ1v) is 5.57. The molecule has 0 aromatic heterocycles. The summed E-state index contributed by atoms with van der Waals surface area (Å²) in [5.41, 5.74) is 0. The second-order valence-electron chi connectivity index (χ2n) is 4.65. The number of piperidine rings is 1. The van der Waals surface area contributed by atoms with Gasteiger partial charge in [-0.05, 0) is 12.8 Å². The van der Waals surface area contributed by atoms with E-state index in [9.17, 15) is 4.79 Å². The van der Waals surface area contributed by atoms with Crippen LogP contribution in [0.15, 0.2) is 4.99 Å². The molecule has 86 valence electrons. The van der Waals surface area contributed by atoms with Gasteiger partial charge in [-0.1, -0.05) is 0 Å². The molecule has 2 bridgehead atoms. The zero-order valence-corrected chi connectivity index (χ0v) is 9.68. The highest BCUT2D eigenvalue weighted by Crippen LogP contribution is 2.34. The third kappa shape index (κ3) is 1.75. The summed E-state index contributed by atoms with van der Waals surface area (Å²) in [4.78, 5) is 19.4. The predicted molar refractivity (Wildman–Crippen MR) is 59.6 cm³/mol. The Bertz CT molecular complexity index is 353. The summed E-state index contributed by atoms with van der Waals surface area (Å²) in [5.74, 6) is 1.04. The molecule has 5 nitrogen and oxygen atoms in total. The van der Waals surface area contributed by atoms with Crippen molar-refractivity contribution < 1.29 is 4.79 Å². The second kappa shape index (κ2) is 4.12. The van der Waals surface area contributed by atoms with Crippen LogP contribution < -0.4 is 0 Å². The number of carbonyl (C=O) groups is 1. The lowest BCUT2D eigenvalue weighted by atomic mass is 10.0. The monoisotopic (exact) mass is 220 g/mol. The molecule has 16 heavy (non-hydrogen) atoms. The topological polar surface area (TPSA) is 59.7 Å². The Morgan fingerprint density at radius 1 is 1.44 bits per heavy atom. The van der Waals surface area contributed by atoms with Gasteiger partial charge in [0.25, 0.3) is 0 Å². The SMILES string of the molecule is CN(C)C(=NC#N)N1C2CCC1CC(=O)C2. The number of nitriles is 1. The van der Waals surface area contributed by atoms with Crippen molar-refractivity contribution >= 4 is 11.7 Å². The van der Waals surface area contributed by atoms with Crippen LogP contribution in [0.2, 0.25) is 0 Å². The molecule has 0 aromatic rings. The smallest absolute Gasteiger partial charge is 0.212 e. The minimum absolute atomic E-state index is 0.251. The third-order valence-electron chi connectivity index (χ3n) is 3.33. The van der Waals surface area contributed by atoms with Crippen LogP contribution in [0.1, 0.15) is 25.7 Å². The fourth-order valence-electron chi connectivity index (χ4n) is 2.73. The maximum Gasteiger partial charge on any atom is 0.212 e. The molecule has 0 amide bonds. The summed E-state index contributed by atoms with van der Waals surface area (Å²) in [5, 5.41) is 8.70. The quantitative estimate of drug-likeness (QED) is 0.340. The molecule has 0 N–H and O–H groups in total. The van der Waals surface area contributed by atoms with Crippen molar-refractivity contribution in [2.45, 2.75) is 37.8 Å². The number of carbonyl (C=O) groups excluding carboxylic acids is 1. The number of rotatable bonds is 0. The number of fused-ring (bicyclic) bond motifs is 2. The van der Waals surface area contributed by atoms with Crippen LogP contribution in [0.4, 0.5) is 0 Å². The standard InChI is InChI=1S/C11H16N4O/c1-14(2)11(13-7-12)15-8-3-4-9(15)6-10(16)5-8/h8-9H,3-6H2,1-2H3. The maximum absolute atomic E-state index is 11.5. The largest absolute Gasteiger partial charge is 0.348 e. The fourth-order valence-corrected chi connectivity index (χ4v) is 2.73. The molecule has 2 rings (SSSR count). The Hall–Kier alpha value is -1.57. The summed E-state index contributed by atoms with van der Waals surface area (Å²) in [6, 6.07) is 0.501. The Labute approximate surface area is 95.3 Å². The van der Waals surface area contributed by atoms with Crippen LogP contribution in [-0.2, 0) is 4.79 Å². The van der Waals surface area contributed by atoms with E-state index < -0.39 is 0 Å². The van der Waals surface area contributed by atoms with Gasteiger partial charge < -0.3 is 9.80 Å². The van der Waals surface area contributed by atoms with Crippen molar-refractivity contribution in [1.29, 1.82) is 5.26 Å². The van der Waals surface area contributed by atoms with Crippen molar-refractivity contribution in [1.82, 2.24) is 9.80 Å². The molecule has 0 saturated carbocycles. The van der Waals surface area contributed by atoms with Gasteiger partial charge in [-0.3, -0.25) is 4.79 Å². The number of ketones is 1. The molecule has 2 fully saturated rings. The molecular formula is C11H16N4O. The van der Waals surface area contributed by atoms with E-state index in [0.717, 1.165) is 12.8 Å². The first-order chi connectivity index (χ1) is 7.63. The van der Waals surface area contributed by atoms with Crippen molar-refractivity contribution in [2.24, 2.45) is 4.99 Å². The van der Waals surface area contributed by atoms with Crippen LogP contribution in [0, 0.1) is 11.5 Å². The maximum atomic E-state index is 11.5. The van der Waals surface area contributed by atoms with Crippen molar-refractivity contribution in [3.05, 3.63) is 0 Å². The van der Waals surface area contributed by atoms with Crippen LogP contribution in [0.25, 0.3) is 0 Å². The lowest BCUT2D eigenvalue weighted by Gasteiger charge is -2.38. The van der Waals surface area contributed by atoms with Crippen LogP contribution in [0.3, 0.4) is 0 Å². The molecule has 0 aliphatic carbocycles. The zero-order chi connectivity index (χ0) is 11.7. The molecule has 0 radical (unpaired) electrons. The van der Waals surface area contributed by atoms with Gasteiger partial charge in [-0.2, -0.15) is 5.26 Å².